The zero-order chi connectivity index (χ0) is 18.5. The second kappa shape index (κ2) is 8.65. The van der Waals surface area contributed by atoms with Crippen molar-refractivity contribution in [1.29, 1.82) is 0 Å². The summed E-state index contributed by atoms with van der Waals surface area (Å²) < 4.78 is 13.0. The summed E-state index contributed by atoms with van der Waals surface area (Å²) in [6.07, 6.45) is 1.71. The molecular weight excluding hydrogens is 351 g/mol. The minimum Gasteiger partial charge on any atom is -0.349 e. The van der Waals surface area contributed by atoms with Crippen LogP contribution in [0.1, 0.15) is 36.9 Å². The number of benzene rings is 2. The molecule has 3 rings (SSSR count). The number of halogens is 2. The van der Waals surface area contributed by atoms with Crippen molar-refractivity contribution in [2.24, 2.45) is 5.92 Å². The van der Waals surface area contributed by atoms with Gasteiger partial charge >= 0.3 is 0 Å². The van der Waals surface area contributed by atoms with Crippen molar-refractivity contribution in [3.8, 4) is 0 Å². The average molecular weight is 375 g/mol. The summed E-state index contributed by atoms with van der Waals surface area (Å²) >= 11 is 5.93. The highest BCUT2D eigenvalue weighted by Gasteiger charge is 2.26. The molecule has 1 atom stereocenters. The van der Waals surface area contributed by atoms with Crippen molar-refractivity contribution in [3.63, 3.8) is 0 Å². The summed E-state index contributed by atoms with van der Waals surface area (Å²) in [5.41, 5.74) is 2.15. The number of nitrogens with zero attached hydrogens (tertiary/aromatic N) is 1. The number of amides is 1. The van der Waals surface area contributed by atoms with Crippen molar-refractivity contribution in [3.05, 3.63) is 70.5 Å². The van der Waals surface area contributed by atoms with Gasteiger partial charge in [0.2, 0.25) is 5.91 Å². The molecule has 0 aliphatic carbocycles. The first kappa shape index (κ1) is 18.9. The molecule has 1 heterocycles. The van der Waals surface area contributed by atoms with Crippen molar-refractivity contribution >= 4 is 17.5 Å². The first-order valence-electron chi connectivity index (χ1n) is 9.04. The normalized spacial score (nSPS) is 17.0. The maximum absolute atomic E-state index is 13.0. The van der Waals surface area contributed by atoms with Crippen molar-refractivity contribution in [2.45, 2.75) is 32.4 Å². The van der Waals surface area contributed by atoms with Crippen LogP contribution in [0.3, 0.4) is 0 Å². The molecule has 1 saturated heterocycles. The number of hydrogen-bond acceptors (Lipinski definition) is 2. The van der Waals surface area contributed by atoms with E-state index in [1.165, 1.54) is 17.7 Å². The van der Waals surface area contributed by atoms with E-state index >= 15 is 0 Å². The Kier molecular flexibility index (Phi) is 6.28. The predicted molar refractivity (Wildman–Crippen MR) is 102 cm³/mol. The zero-order valence-electron chi connectivity index (χ0n) is 14.9. The van der Waals surface area contributed by atoms with E-state index in [1.807, 2.05) is 31.2 Å². The molecule has 138 valence electrons. The van der Waals surface area contributed by atoms with Gasteiger partial charge < -0.3 is 5.32 Å². The Morgan fingerprint density at radius 1 is 1.15 bits per heavy atom. The van der Waals surface area contributed by atoms with Crippen LogP contribution in [0, 0.1) is 11.7 Å². The summed E-state index contributed by atoms with van der Waals surface area (Å²) in [4.78, 5) is 14.9. The van der Waals surface area contributed by atoms with E-state index in [2.05, 4.69) is 10.2 Å². The maximum Gasteiger partial charge on any atom is 0.223 e. The third-order valence-electron chi connectivity index (χ3n) is 5.01. The van der Waals surface area contributed by atoms with Crippen LogP contribution in [0.5, 0.6) is 0 Å². The van der Waals surface area contributed by atoms with Crippen LogP contribution in [0.25, 0.3) is 0 Å². The lowest BCUT2D eigenvalue weighted by Crippen LogP contribution is -2.40. The predicted octanol–water partition coefficient (Wildman–Crippen LogP) is 4.57. The summed E-state index contributed by atoms with van der Waals surface area (Å²) in [5.74, 6) is -0.132. The first-order chi connectivity index (χ1) is 12.5. The minimum absolute atomic E-state index is 0.0411. The lowest BCUT2D eigenvalue weighted by Gasteiger charge is -2.32. The van der Waals surface area contributed by atoms with E-state index in [0.29, 0.717) is 0 Å². The molecule has 1 N–H and O–H groups in total. The molecule has 26 heavy (non-hydrogen) atoms. The monoisotopic (exact) mass is 374 g/mol. The van der Waals surface area contributed by atoms with Gasteiger partial charge in [-0.1, -0.05) is 35.9 Å². The molecule has 0 spiro atoms. The van der Waals surface area contributed by atoms with Crippen molar-refractivity contribution in [2.75, 3.05) is 13.1 Å². The molecular formula is C21H24ClFN2O. The molecule has 0 bridgehead atoms. The fourth-order valence-corrected chi connectivity index (χ4v) is 3.49. The standard InChI is InChI=1S/C21H24ClFN2O/c1-15(17-4-8-20(23)9-5-17)24-21(26)18-10-12-25(13-11-18)14-16-2-6-19(22)7-3-16/h2-9,15,18H,10-14H2,1H3,(H,24,26)/t15-/m1/s1. The second-order valence-electron chi connectivity index (χ2n) is 6.96. The fourth-order valence-electron chi connectivity index (χ4n) is 3.37. The number of nitrogens with one attached hydrogen (secondary N) is 1. The average Bonchev–Trinajstić information content (AvgIpc) is 2.64. The molecule has 1 aliphatic rings. The molecule has 3 nitrogen and oxygen atoms in total. The molecule has 0 aromatic heterocycles. The molecule has 5 heteroatoms. The number of rotatable bonds is 5. The third-order valence-corrected chi connectivity index (χ3v) is 5.26. The Morgan fingerprint density at radius 2 is 1.77 bits per heavy atom. The highest BCUT2D eigenvalue weighted by Crippen LogP contribution is 2.21. The Bertz CT molecular complexity index is 725. The van der Waals surface area contributed by atoms with Crippen LogP contribution in [0.2, 0.25) is 5.02 Å². The van der Waals surface area contributed by atoms with Crippen LogP contribution in [0.15, 0.2) is 48.5 Å². The lowest BCUT2D eigenvalue weighted by molar-refractivity contribution is -0.127. The van der Waals surface area contributed by atoms with Gasteiger partial charge in [-0.15, -0.1) is 0 Å². The topological polar surface area (TPSA) is 32.3 Å². The molecule has 1 amide bonds. The summed E-state index contributed by atoms with van der Waals surface area (Å²) in [5, 5.41) is 3.81. The molecule has 2 aromatic carbocycles. The zero-order valence-corrected chi connectivity index (χ0v) is 15.7. The third kappa shape index (κ3) is 5.05. The van der Waals surface area contributed by atoms with Gasteiger partial charge in [0.05, 0.1) is 6.04 Å². The van der Waals surface area contributed by atoms with E-state index in [9.17, 15) is 9.18 Å². The number of carbonyl (C=O) groups is 1. The molecule has 2 aromatic rings. The fraction of sp³-hybridized carbons (Fsp3) is 0.381. The van der Waals surface area contributed by atoms with E-state index in [-0.39, 0.29) is 23.7 Å². The van der Waals surface area contributed by atoms with Crippen LogP contribution in [-0.4, -0.2) is 23.9 Å². The van der Waals surface area contributed by atoms with Crippen molar-refractivity contribution in [1.82, 2.24) is 10.2 Å². The second-order valence-corrected chi connectivity index (χ2v) is 7.40. The molecule has 0 radical (unpaired) electrons. The van der Waals surface area contributed by atoms with E-state index < -0.39 is 0 Å². The Labute approximate surface area is 159 Å². The van der Waals surface area contributed by atoms with E-state index in [4.69, 9.17) is 11.6 Å². The summed E-state index contributed by atoms with van der Waals surface area (Å²) in [6.45, 7) is 4.63. The van der Waals surface area contributed by atoms with Gasteiger partial charge in [-0.2, -0.15) is 0 Å². The van der Waals surface area contributed by atoms with Crippen LogP contribution >= 0.6 is 11.6 Å². The number of hydrogen-bond donors (Lipinski definition) is 1. The SMILES string of the molecule is C[C@@H](NC(=O)C1CCN(Cc2ccc(Cl)cc2)CC1)c1ccc(F)cc1. The highest BCUT2D eigenvalue weighted by molar-refractivity contribution is 6.30. The van der Waals surface area contributed by atoms with Gasteiger partial charge in [0.1, 0.15) is 5.82 Å². The maximum atomic E-state index is 13.0. The van der Waals surface area contributed by atoms with E-state index in [1.54, 1.807) is 12.1 Å². The summed E-state index contributed by atoms with van der Waals surface area (Å²) in [7, 11) is 0. The van der Waals surface area contributed by atoms with Crippen LogP contribution in [0.4, 0.5) is 4.39 Å². The molecule has 1 aliphatic heterocycles. The Morgan fingerprint density at radius 3 is 2.38 bits per heavy atom. The van der Waals surface area contributed by atoms with Gasteiger partial charge in [0, 0.05) is 17.5 Å². The quantitative estimate of drug-likeness (QED) is 0.831. The first-order valence-corrected chi connectivity index (χ1v) is 9.41. The lowest BCUT2D eigenvalue weighted by atomic mass is 9.95. The van der Waals surface area contributed by atoms with Gasteiger partial charge in [0.15, 0.2) is 0 Å². The van der Waals surface area contributed by atoms with Crippen molar-refractivity contribution < 1.29 is 9.18 Å². The highest BCUT2D eigenvalue weighted by atomic mass is 35.5. The van der Waals surface area contributed by atoms with Gasteiger partial charge in [-0.05, 0) is 68.2 Å². The van der Waals surface area contributed by atoms with Crippen LogP contribution in [-0.2, 0) is 11.3 Å². The molecule has 0 saturated carbocycles. The van der Waals surface area contributed by atoms with Gasteiger partial charge in [0.25, 0.3) is 0 Å². The molecule has 1 fully saturated rings. The largest absolute Gasteiger partial charge is 0.349 e. The van der Waals surface area contributed by atoms with Gasteiger partial charge in [-0.25, -0.2) is 4.39 Å². The van der Waals surface area contributed by atoms with Crippen LogP contribution < -0.4 is 5.32 Å². The van der Waals surface area contributed by atoms with Gasteiger partial charge in [-0.3, -0.25) is 9.69 Å². The Hall–Kier alpha value is -1.91. The number of carbonyl (C=O) groups excluding carboxylic acids is 1. The molecule has 0 unspecified atom stereocenters. The van der Waals surface area contributed by atoms with E-state index in [0.717, 1.165) is 43.1 Å². The summed E-state index contributed by atoms with van der Waals surface area (Å²) in [6, 6.07) is 14.1. The minimum atomic E-state index is -0.264. The smallest absolute Gasteiger partial charge is 0.223 e. The Balaban J connectivity index is 1.47. The number of likely N-dealkylation sites (tertiary alicyclic amines) is 1. The number of piperidine rings is 1.